The van der Waals surface area contributed by atoms with Gasteiger partial charge in [0.2, 0.25) is 0 Å². The third kappa shape index (κ3) is 1.83. The fraction of sp³-hybridized carbons (Fsp3) is 0.500. The summed E-state index contributed by atoms with van der Waals surface area (Å²) in [5, 5.41) is 0. The third-order valence-electron chi connectivity index (χ3n) is 2.52. The lowest BCUT2D eigenvalue weighted by atomic mass is 10.1. The van der Waals surface area contributed by atoms with Crippen molar-refractivity contribution in [3.63, 3.8) is 0 Å². The van der Waals surface area contributed by atoms with Crippen molar-refractivity contribution in [1.29, 1.82) is 0 Å². The first-order valence-electron chi connectivity index (χ1n) is 5.16. The van der Waals surface area contributed by atoms with Gasteiger partial charge in [0.05, 0.1) is 6.04 Å². The van der Waals surface area contributed by atoms with Gasteiger partial charge in [-0.3, -0.25) is 14.5 Å². The standard InChI is InChI=1S/C10H13N3O3/c1-2-7(10-11-3-4-12-10)13-8(14)5-16-6-9(13)15/h3-4,7H,2,5-6H2,1H3,(H,11,12). The van der Waals surface area contributed by atoms with Crippen LogP contribution in [0.4, 0.5) is 0 Å². The van der Waals surface area contributed by atoms with E-state index in [2.05, 4.69) is 9.97 Å². The molecular weight excluding hydrogens is 210 g/mol. The van der Waals surface area contributed by atoms with E-state index in [-0.39, 0.29) is 31.1 Å². The molecule has 2 rings (SSSR count). The molecule has 0 aliphatic carbocycles. The molecule has 6 nitrogen and oxygen atoms in total. The van der Waals surface area contributed by atoms with Gasteiger partial charge >= 0.3 is 0 Å². The predicted molar refractivity (Wildman–Crippen MR) is 54.3 cm³/mol. The Labute approximate surface area is 92.6 Å². The predicted octanol–water partition coefficient (Wildman–Crippen LogP) is 0.246. The van der Waals surface area contributed by atoms with Crippen LogP contribution in [0.1, 0.15) is 25.2 Å². The molecule has 0 spiro atoms. The quantitative estimate of drug-likeness (QED) is 0.745. The first kappa shape index (κ1) is 10.8. The van der Waals surface area contributed by atoms with Crippen molar-refractivity contribution < 1.29 is 14.3 Å². The van der Waals surface area contributed by atoms with Gasteiger partial charge in [0, 0.05) is 12.4 Å². The summed E-state index contributed by atoms with van der Waals surface area (Å²) < 4.78 is 4.86. The Morgan fingerprint density at radius 2 is 2.19 bits per heavy atom. The minimum atomic E-state index is -0.320. The van der Waals surface area contributed by atoms with E-state index in [1.54, 1.807) is 12.4 Å². The zero-order valence-corrected chi connectivity index (χ0v) is 8.97. The molecule has 16 heavy (non-hydrogen) atoms. The second-order valence-electron chi connectivity index (χ2n) is 3.55. The number of nitrogens with zero attached hydrogens (tertiary/aromatic N) is 2. The molecular formula is C10H13N3O3. The first-order chi connectivity index (χ1) is 7.74. The average Bonchev–Trinajstić information content (AvgIpc) is 2.77. The highest BCUT2D eigenvalue weighted by molar-refractivity contribution is 5.98. The number of rotatable bonds is 3. The second kappa shape index (κ2) is 4.44. The van der Waals surface area contributed by atoms with Crippen molar-refractivity contribution in [1.82, 2.24) is 14.9 Å². The number of ether oxygens (including phenoxy) is 1. The highest BCUT2D eigenvalue weighted by Gasteiger charge is 2.34. The molecule has 0 bridgehead atoms. The summed E-state index contributed by atoms with van der Waals surface area (Å²) >= 11 is 0. The molecule has 1 saturated heterocycles. The molecule has 1 fully saturated rings. The number of carbonyl (C=O) groups excluding carboxylic acids is 2. The topological polar surface area (TPSA) is 75.3 Å². The summed E-state index contributed by atoms with van der Waals surface area (Å²) in [5.74, 6) is 0.0186. The number of nitrogens with one attached hydrogen (secondary N) is 1. The Morgan fingerprint density at radius 3 is 2.69 bits per heavy atom. The minimum Gasteiger partial charge on any atom is -0.362 e. The van der Waals surface area contributed by atoms with Gasteiger partial charge < -0.3 is 9.72 Å². The maximum Gasteiger partial charge on any atom is 0.255 e. The second-order valence-corrected chi connectivity index (χ2v) is 3.55. The molecule has 1 aromatic heterocycles. The van der Waals surface area contributed by atoms with E-state index in [1.165, 1.54) is 4.90 Å². The van der Waals surface area contributed by atoms with Crippen LogP contribution in [0.15, 0.2) is 12.4 Å². The molecule has 1 N–H and O–H groups in total. The van der Waals surface area contributed by atoms with E-state index >= 15 is 0 Å². The van der Waals surface area contributed by atoms with E-state index < -0.39 is 0 Å². The van der Waals surface area contributed by atoms with Crippen LogP contribution in [0.2, 0.25) is 0 Å². The van der Waals surface area contributed by atoms with Crippen molar-refractivity contribution >= 4 is 11.8 Å². The molecule has 86 valence electrons. The van der Waals surface area contributed by atoms with Crippen LogP contribution in [0.3, 0.4) is 0 Å². The molecule has 1 aromatic rings. The summed E-state index contributed by atoms with van der Waals surface area (Å²) in [4.78, 5) is 31.5. The summed E-state index contributed by atoms with van der Waals surface area (Å²) in [5.41, 5.74) is 0. The van der Waals surface area contributed by atoms with Gasteiger partial charge in [0.25, 0.3) is 11.8 Å². The van der Waals surface area contributed by atoms with E-state index in [0.717, 1.165) is 0 Å². The van der Waals surface area contributed by atoms with Crippen molar-refractivity contribution in [2.45, 2.75) is 19.4 Å². The maximum absolute atomic E-state index is 11.6. The molecule has 1 aliphatic rings. The van der Waals surface area contributed by atoms with Crippen LogP contribution >= 0.6 is 0 Å². The lowest BCUT2D eigenvalue weighted by molar-refractivity contribution is -0.162. The van der Waals surface area contributed by atoms with Gasteiger partial charge in [-0.05, 0) is 6.42 Å². The van der Waals surface area contributed by atoms with Crippen molar-refractivity contribution in [2.75, 3.05) is 13.2 Å². The van der Waals surface area contributed by atoms with Gasteiger partial charge in [-0.2, -0.15) is 0 Å². The lowest BCUT2D eigenvalue weighted by Crippen LogP contribution is -2.48. The zero-order valence-electron chi connectivity index (χ0n) is 8.97. The Kier molecular flexibility index (Phi) is 3.00. The van der Waals surface area contributed by atoms with Crippen molar-refractivity contribution in [3.8, 4) is 0 Å². The van der Waals surface area contributed by atoms with Gasteiger partial charge in [0.1, 0.15) is 19.0 Å². The van der Waals surface area contributed by atoms with E-state index in [1.807, 2.05) is 6.92 Å². The Bertz CT molecular complexity index is 372. The highest BCUT2D eigenvalue weighted by atomic mass is 16.5. The van der Waals surface area contributed by atoms with E-state index in [0.29, 0.717) is 12.2 Å². The number of aromatic amines is 1. The van der Waals surface area contributed by atoms with Gasteiger partial charge in [-0.1, -0.05) is 6.92 Å². The van der Waals surface area contributed by atoms with E-state index in [9.17, 15) is 9.59 Å². The molecule has 2 amide bonds. The molecule has 1 atom stereocenters. The SMILES string of the molecule is CCC(c1ncc[nH]1)N1C(=O)COCC1=O. The van der Waals surface area contributed by atoms with Crippen molar-refractivity contribution in [3.05, 3.63) is 18.2 Å². The molecule has 1 unspecified atom stereocenters. The lowest BCUT2D eigenvalue weighted by Gasteiger charge is -2.30. The van der Waals surface area contributed by atoms with Crippen LogP contribution in [0.5, 0.6) is 0 Å². The summed E-state index contributed by atoms with van der Waals surface area (Å²) in [6.45, 7) is 1.83. The van der Waals surface area contributed by atoms with Crippen LogP contribution in [-0.4, -0.2) is 39.9 Å². The van der Waals surface area contributed by atoms with Crippen molar-refractivity contribution in [2.24, 2.45) is 0 Å². The number of hydrogen-bond donors (Lipinski definition) is 1. The Hall–Kier alpha value is -1.69. The smallest absolute Gasteiger partial charge is 0.255 e. The largest absolute Gasteiger partial charge is 0.362 e. The highest BCUT2D eigenvalue weighted by Crippen LogP contribution is 2.22. The maximum atomic E-state index is 11.6. The van der Waals surface area contributed by atoms with Gasteiger partial charge in [0.15, 0.2) is 0 Å². The third-order valence-corrected chi connectivity index (χ3v) is 2.52. The molecule has 0 saturated carbocycles. The zero-order chi connectivity index (χ0) is 11.5. The Morgan fingerprint density at radius 1 is 1.50 bits per heavy atom. The number of morpholine rings is 1. The minimum absolute atomic E-state index is 0.0387. The number of carbonyl (C=O) groups is 2. The van der Waals surface area contributed by atoms with Crippen LogP contribution in [0, 0.1) is 0 Å². The monoisotopic (exact) mass is 223 g/mol. The summed E-state index contributed by atoms with van der Waals surface area (Å²) in [6, 6.07) is -0.320. The molecule has 0 aromatic carbocycles. The number of amides is 2. The van der Waals surface area contributed by atoms with Crippen LogP contribution in [0.25, 0.3) is 0 Å². The van der Waals surface area contributed by atoms with Crippen LogP contribution in [-0.2, 0) is 14.3 Å². The number of aromatic nitrogens is 2. The van der Waals surface area contributed by atoms with Crippen LogP contribution < -0.4 is 0 Å². The van der Waals surface area contributed by atoms with E-state index in [4.69, 9.17) is 4.74 Å². The summed E-state index contributed by atoms with van der Waals surface area (Å²) in [7, 11) is 0. The van der Waals surface area contributed by atoms with Gasteiger partial charge in [-0.25, -0.2) is 4.98 Å². The molecule has 6 heteroatoms. The fourth-order valence-electron chi connectivity index (χ4n) is 1.81. The molecule has 0 radical (unpaired) electrons. The first-order valence-corrected chi connectivity index (χ1v) is 5.16. The van der Waals surface area contributed by atoms with Gasteiger partial charge in [-0.15, -0.1) is 0 Å². The number of hydrogen-bond acceptors (Lipinski definition) is 4. The number of imidazole rings is 1. The molecule has 2 heterocycles. The normalized spacial score (nSPS) is 18.9. The Balaban J connectivity index is 2.26. The average molecular weight is 223 g/mol. The number of H-pyrrole nitrogens is 1. The summed E-state index contributed by atoms with van der Waals surface area (Å²) in [6.07, 6.45) is 3.91. The molecule has 1 aliphatic heterocycles. The number of imide groups is 1. The fourth-order valence-corrected chi connectivity index (χ4v) is 1.81.